The molecule has 0 bridgehead atoms. The molecule has 0 atom stereocenters. The minimum absolute atomic E-state index is 0.0163. The average Bonchev–Trinajstić information content (AvgIpc) is 2.84. The number of carbonyl (C=O) groups excluding carboxylic acids is 1. The Bertz CT molecular complexity index is 984. The van der Waals surface area contributed by atoms with Crippen LogP contribution in [-0.4, -0.2) is 29.0 Å². The van der Waals surface area contributed by atoms with Gasteiger partial charge < -0.3 is 15.0 Å². The molecule has 1 saturated heterocycles. The maximum Gasteiger partial charge on any atom is 0.263 e. The van der Waals surface area contributed by atoms with Crippen molar-refractivity contribution in [2.75, 3.05) is 18.0 Å². The van der Waals surface area contributed by atoms with Crippen LogP contribution in [-0.2, 0) is 17.8 Å². The van der Waals surface area contributed by atoms with Crippen molar-refractivity contribution in [3.05, 3.63) is 78.1 Å². The van der Waals surface area contributed by atoms with Crippen molar-refractivity contribution in [1.82, 2.24) is 15.3 Å². The molecular weight excluding hydrogens is 388 g/mol. The lowest BCUT2D eigenvalue weighted by Gasteiger charge is -2.32. The Morgan fingerprint density at radius 3 is 2.42 bits per heavy atom. The van der Waals surface area contributed by atoms with Gasteiger partial charge in [0.25, 0.3) is 5.88 Å². The number of aromatic nitrogens is 2. The number of nitrogens with zero attached hydrogens (tertiary/aromatic N) is 3. The third kappa shape index (κ3) is 5.40. The Hall–Kier alpha value is -3.41. The highest BCUT2D eigenvalue weighted by molar-refractivity contribution is 5.79. The lowest BCUT2D eigenvalue weighted by molar-refractivity contribution is -0.125. The van der Waals surface area contributed by atoms with E-state index in [1.165, 1.54) is 5.56 Å². The Morgan fingerprint density at radius 2 is 1.71 bits per heavy atom. The van der Waals surface area contributed by atoms with Gasteiger partial charge >= 0.3 is 0 Å². The zero-order chi connectivity index (χ0) is 21.5. The maximum absolute atomic E-state index is 12.6. The Balaban J connectivity index is 1.34. The highest BCUT2D eigenvalue weighted by atomic mass is 16.5. The maximum atomic E-state index is 12.6. The summed E-state index contributed by atoms with van der Waals surface area (Å²) in [5.41, 5.74) is 2.38. The number of rotatable bonds is 7. The van der Waals surface area contributed by atoms with Crippen molar-refractivity contribution >= 4 is 11.7 Å². The number of ether oxygens (including phenoxy) is 1. The van der Waals surface area contributed by atoms with Crippen molar-refractivity contribution in [3.63, 3.8) is 0 Å². The molecule has 2 heterocycles. The van der Waals surface area contributed by atoms with Gasteiger partial charge in [0.05, 0.1) is 0 Å². The molecule has 0 saturated carbocycles. The Kier molecular flexibility index (Phi) is 6.77. The van der Waals surface area contributed by atoms with Crippen LogP contribution in [0.2, 0.25) is 0 Å². The molecule has 6 nitrogen and oxygen atoms in total. The first kappa shape index (κ1) is 20.8. The van der Waals surface area contributed by atoms with E-state index in [4.69, 9.17) is 4.74 Å². The molecule has 1 aliphatic heterocycles. The van der Waals surface area contributed by atoms with Crippen LogP contribution >= 0.6 is 0 Å². The molecule has 0 aliphatic carbocycles. The van der Waals surface area contributed by atoms with Gasteiger partial charge in [0.2, 0.25) is 5.91 Å². The number of amides is 1. The highest BCUT2D eigenvalue weighted by Gasteiger charge is 2.27. The molecule has 0 radical (unpaired) electrons. The summed E-state index contributed by atoms with van der Waals surface area (Å²) < 4.78 is 6.03. The second-order valence-corrected chi connectivity index (χ2v) is 7.75. The standard InChI is InChI=1S/C25H28N4O2/c1-2-19-8-10-22(11-9-19)31-25-23(26-14-15-27-25)29-16-12-21(13-17-29)24(30)28-18-20-6-4-3-5-7-20/h3-11,14-15,21H,2,12-13,16-18H2,1H3,(H,28,30). The topological polar surface area (TPSA) is 67.4 Å². The monoisotopic (exact) mass is 416 g/mol. The SMILES string of the molecule is CCc1ccc(Oc2nccnc2N2CCC(C(=O)NCc3ccccc3)CC2)cc1. The molecule has 1 N–H and O–H groups in total. The summed E-state index contributed by atoms with van der Waals surface area (Å²) in [5.74, 6) is 2.11. The van der Waals surface area contributed by atoms with Crippen LogP contribution in [0.5, 0.6) is 11.6 Å². The normalized spacial score (nSPS) is 14.3. The molecule has 1 fully saturated rings. The van der Waals surface area contributed by atoms with Gasteiger partial charge in [0.15, 0.2) is 5.82 Å². The van der Waals surface area contributed by atoms with E-state index in [1.807, 2.05) is 42.5 Å². The molecule has 4 rings (SSSR count). The summed E-state index contributed by atoms with van der Waals surface area (Å²) in [5, 5.41) is 3.07. The smallest absolute Gasteiger partial charge is 0.263 e. The van der Waals surface area contributed by atoms with Gasteiger partial charge in [0, 0.05) is 37.9 Å². The average molecular weight is 417 g/mol. The molecule has 1 amide bonds. The number of carbonyl (C=O) groups is 1. The lowest BCUT2D eigenvalue weighted by Crippen LogP contribution is -2.40. The summed E-state index contributed by atoms with van der Waals surface area (Å²) in [7, 11) is 0. The number of hydrogen-bond donors (Lipinski definition) is 1. The van der Waals surface area contributed by atoms with Gasteiger partial charge in [-0.2, -0.15) is 0 Å². The zero-order valence-electron chi connectivity index (χ0n) is 17.8. The Labute approximate surface area is 183 Å². The van der Waals surface area contributed by atoms with E-state index in [0.29, 0.717) is 12.4 Å². The van der Waals surface area contributed by atoms with Crippen molar-refractivity contribution in [3.8, 4) is 11.6 Å². The van der Waals surface area contributed by atoms with Crippen LogP contribution in [0, 0.1) is 5.92 Å². The molecule has 0 spiro atoms. The van der Waals surface area contributed by atoms with Crippen LogP contribution in [0.3, 0.4) is 0 Å². The molecule has 31 heavy (non-hydrogen) atoms. The van der Waals surface area contributed by atoms with E-state index in [0.717, 1.165) is 49.5 Å². The minimum atomic E-state index is 0.0163. The number of aryl methyl sites for hydroxylation is 1. The zero-order valence-corrected chi connectivity index (χ0v) is 17.8. The summed E-state index contributed by atoms with van der Waals surface area (Å²) >= 11 is 0. The predicted molar refractivity (Wildman–Crippen MR) is 121 cm³/mol. The van der Waals surface area contributed by atoms with Crippen molar-refractivity contribution in [1.29, 1.82) is 0 Å². The first-order valence-electron chi connectivity index (χ1n) is 10.9. The third-order valence-electron chi connectivity index (χ3n) is 5.67. The second-order valence-electron chi connectivity index (χ2n) is 7.75. The molecule has 0 unspecified atom stereocenters. The van der Waals surface area contributed by atoms with Gasteiger partial charge in [-0.15, -0.1) is 0 Å². The quantitative estimate of drug-likeness (QED) is 0.620. The summed E-state index contributed by atoms with van der Waals surface area (Å²) in [4.78, 5) is 23.7. The van der Waals surface area contributed by atoms with Crippen molar-refractivity contribution in [2.45, 2.75) is 32.7 Å². The fourth-order valence-electron chi connectivity index (χ4n) is 3.79. The van der Waals surface area contributed by atoms with Gasteiger partial charge in [-0.25, -0.2) is 9.97 Å². The molecular formula is C25H28N4O2. The Morgan fingerprint density at radius 1 is 1.00 bits per heavy atom. The van der Waals surface area contributed by atoms with E-state index in [1.54, 1.807) is 12.4 Å². The number of benzene rings is 2. The molecule has 1 aromatic heterocycles. The van der Waals surface area contributed by atoms with Gasteiger partial charge in [-0.05, 0) is 42.5 Å². The fraction of sp³-hybridized carbons (Fsp3) is 0.320. The van der Waals surface area contributed by atoms with Crippen LogP contribution in [0.4, 0.5) is 5.82 Å². The van der Waals surface area contributed by atoms with E-state index in [2.05, 4.69) is 39.2 Å². The van der Waals surface area contributed by atoms with Crippen molar-refractivity contribution in [2.24, 2.45) is 5.92 Å². The fourth-order valence-corrected chi connectivity index (χ4v) is 3.79. The van der Waals surface area contributed by atoms with Gasteiger partial charge in [0.1, 0.15) is 5.75 Å². The number of nitrogens with one attached hydrogen (secondary N) is 1. The largest absolute Gasteiger partial charge is 0.436 e. The summed E-state index contributed by atoms with van der Waals surface area (Å²) in [6.07, 6.45) is 5.87. The summed E-state index contributed by atoms with van der Waals surface area (Å²) in [6.45, 7) is 4.18. The van der Waals surface area contributed by atoms with Crippen LogP contribution in [0.1, 0.15) is 30.9 Å². The predicted octanol–water partition coefficient (Wildman–Crippen LogP) is 4.36. The summed E-state index contributed by atoms with van der Waals surface area (Å²) in [6, 6.07) is 18.0. The third-order valence-corrected chi connectivity index (χ3v) is 5.67. The van der Waals surface area contributed by atoms with E-state index in [-0.39, 0.29) is 11.8 Å². The minimum Gasteiger partial charge on any atom is -0.436 e. The van der Waals surface area contributed by atoms with Gasteiger partial charge in [-0.3, -0.25) is 4.79 Å². The van der Waals surface area contributed by atoms with E-state index >= 15 is 0 Å². The molecule has 160 valence electrons. The van der Waals surface area contributed by atoms with Crippen molar-refractivity contribution < 1.29 is 9.53 Å². The second kappa shape index (κ2) is 10.1. The number of piperidine rings is 1. The van der Waals surface area contributed by atoms with E-state index < -0.39 is 0 Å². The van der Waals surface area contributed by atoms with Crippen LogP contribution in [0.15, 0.2) is 67.0 Å². The lowest BCUT2D eigenvalue weighted by atomic mass is 9.96. The van der Waals surface area contributed by atoms with Gasteiger partial charge in [-0.1, -0.05) is 49.4 Å². The number of hydrogen-bond acceptors (Lipinski definition) is 5. The van der Waals surface area contributed by atoms with Crippen LogP contribution < -0.4 is 15.0 Å². The molecule has 2 aromatic carbocycles. The first-order valence-corrected chi connectivity index (χ1v) is 10.9. The molecule has 1 aliphatic rings. The highest BCUT2D eigenvalue weighted by Crippen LogP contribution is 2.31. The number of anilines is 1. The molecule has 3 aromatic rings. The first-order chi connectivity index (χ1) is 15.2. The molecule has 6 heteroatoms. The van der Waals surface area contributed by atoms with E-state index in [9.17, 15) is 4.79 Å². The van der Waals surface area contributed by atoms with Crippen LogP contribution in [0.25, 0.3) is 0 Å².